The van der Waals surface area contributed by atoms with E-state index < -0.39 is 5.60 Å². The van der Waals surface area contributed by atoms with Crippen LogP contribution in [0.25, 0.3) is 0 Å². The molecule has 1 aromatic rings. The van der Waals surface area contributed by atoms with E-state index in [9.17, 15) is 4.79 Å². The molecule has 0 saturated heterocycles. The van der Waals surface area contributed by atoms with Gasteiger partial charge in [-0.15, -0.1) is 0 Å². The third-order valence-electron chi connectivity index (χ3n) is 1.95. The van der Waals surface area contributed by atoms with Gasteiger partial charge in [0.15, 0.2) is 0 Å². The summed E-state index contributed by atoms with van der Waals surface area (Å²) >= 11 is 0. The van der Waals surface area contributed by atoms with Gasteiger partial charge in [0, 0.05) is 18.4 Å². The number of carbonyl (C=O) groups excluding carboxylic acids is 1. The molecule has 0 spiro atoms. The van der Waals surface area contributed by atoms with Crippen LogP contribution in [0.15, 0.2) is 18.5 Å². The Bertz CT molecular complexity index is 345. The minimum Gasteiger partial charge on any atom is -0.456 e. The third kappa shape index (κ3) is 3.42. The Morgan fingerprint density at radius 1 is 1.40 bits per heavy atom. The molecule has 3 nitrogen and oxygen atoms in total. The lowest BCUT2D eigenvalue weighted by atomic mass is 10.2. The van der Waals surface area contributed by atoms with Crippen molar-refractivity contribution in [2.45, 2.75) is 46.3 Å². The number of rotatable bonds is 2. The van der Waals surface area contributed by atoms with Crippen molar-refractivity contribution in [3.8, 4) is 0 Å². The van der Waals surface area contributed by atoms with Gasteiger partial charge in [-0.05, 0) is 40.7 Å². The van der Waals surface area contributed by atoms with Gasteiger partial charge in [-0.2, -0.15) is 0 Å². The molecule has 1 rings (SSSR count). The summed E-state index contributed by atoms with van der Waals surface area (Å²) in [5.41, 5.74) is 0.176. The molecule has 15 heavy (non-hydrogen) atoms. The lowest BCUT2D eigenvalue weighted by Crippen LogP contribution is -2.23. The van der Waals surface area contributed by atoms with E-state index in [0.717, 1.165) is 0 Å². The number of hydrogen-bond acceptors (Lipinski definition) is 2. The van der Waals surface area contributed by atoms with E-state index in [1.807, 2.05) is 37.7 Å². The Morgan fingerprint density at radius 3 is 2.40 bits per heavy atom. The zero-order valence-corrected chi connectivity index (χ0v) is 10.1. The zero-order chi connectivity index (χ0) is 11.6. The van der Waals surface area contributed by atoms with E-state index in [1.54, 1.807) is 6.07 Å². The van der Waals surface area contributed by atoms with Gasteiger partial charge in [-0.1, -0.05) is 0 Å². The Balaban J connectivity index is 2.75. The maximum Gasteiger partial charge on any atom is 0.340 e. The normalized spacial score (nSPS) is 11.9. The molecule has 0 atom stereocenters. The Kier molecular flexibility index (Phi) is 3.22. The molecular formula is C12H19NO2. The molecule has 0 aromatic carbocycles. The summed E-state index contributed by atoms with van der Waals surface area (Å²) < 4.78 is 7.25. The predicted octanol–water partition coefficient (Wildman–Crippen LogP) is 3.02. The maximum atomic E-state index is 11.7. The fourth-order valence-corrected chi connectivity index (χ4v) is 1.19. The second kappa shape index (κ2) is 4.09. The topological polar surface area (TPSA) is 31.2 Å². The zero-order valence-electron chi connectivity index (χ0n) is 10.1. The van der Waals surface area contributed by atoms with Crippen molar-refractivity contribution >= 4 is 5.97 Å². The van der Waals surface area contributed by atoms with Gasteiger partial charge in [-0.25, -0.2) is 4.79 Å². The van der Waals surface area contributed by atoms with E-state index >= 15 is 0 Å². The van der Waals surface area contributed by atoms with Crippen molar-refractivity contribution in [2.75, 3.05) is 0 Å². The van der Waals surface area contributed by atoms with E-state index in [0.29, 0.717) is 11.6 Å². The molecule has 0 unspecified atom stereocenters. The molecule has 0 amide bonds. The van der Waals surface area contributed by atoms with Gasteiger partial charge in [0.05, 0.1) is 5.56 Å². The number of aromatic nitrogens is 1. The minimum atomic E-state index is -0.434. The second-order valence-electron chi connectivity index (χ2n) is 4.94. The van der Waals surface area contributed by atoms with Gasteiger partial charge in [0.25, 0.3) is 0 Å². The molecule has 0 fully saturated rings. The molecule has 0 radical (unpaired) electrons. The van der Waals surface area contributed by atoms with Crippen molar-refractivity contribution < 1.29 is 9.53 Å². The molecule has 1 heterocycles. The molecule has 3 heteroatoms. The number of ether oxygens (including phenoxy) is 1. The van der Waals surface area contributed by atoms with E-state index in [2.05, 4.69) is 13.8 Å². The van der Waals surface area contributed by atoms with Crippen LogP contribution in [0.5, 0.6) is 0 Å². The molecule has 0 N–H and O–H groups in total. The van der Waals surface area contributed by atoms with Crippen LogP contribution in [-0.4, -0.2) is 16.1 Å². The smallest absolute Gasteiger partial charge is 0.340 e. The van der Waals surface area contributed by atoms with Crippen LogP contribution in [-0.2, 0) is 4.74 Å². The Morgan fingerprint density at radius 2 is 2.00 bits per heavy atom. The molecule has 0 aliphatic heterocycles. The Labute approximate surface area is 91.0 Å². The van der Waals surface area contributed by atoms with Crippen molar-refractivity contribution in [2.24, 2.45) is 0 Å². The third-order valence-corrected chi connectivity index (χ3v) is 1.95. The van der Waals surface area contributed by atoms with Gasteiger partial charge in [0.2, 0.25) is 0 Å². The van der Waals surface area contributed by atoms with Crippen LogP contribution < -0.4 is 0 Å². The summed E-state index contributed by atoms with van der Waals surface area (Å²) in [5, 5.41) is 0. The van der Waals surface area contributed by atoms with Crippen molar-refractivity contribution in [1.29, 1.82) is 0 Å². The SMILES string of the molecule is CC(C)n1ccc(C(=O)OC(C)(C)C)c1. The molecule has 0 bridgehead atoms. The first-order valence-corrected chi connectivity index (χ1v) is 5.20. The summed E-state index contributed by atoms with van der Waals surface area (Å²) in [6, 6.07) is 2.15. The molecule has 0 aliphatic carbocycles. The summed E-state index contributed by atoms with van der Waals surface area (Å²) in [5.74, 6) is -0.262. The predicted molar refractivity (Wildman–Crippen MR) is 60.0 cm³/mol. The first kappa shape index (κ1) is 11.8. The monoisotopic (exact) mass is 209 g/mol. The number of carbonyl (C=O) groups is 1. The number of esters is 1. The molecular weight excluding hydrogens is 190 g/mol. The van der Waals surface area contributed by atoms with E-state index in [4.69, 9.17) is 4.74 Å². The molecule has 1 aromatic heterocycles. The van der Waals surface area contributed by atoms with Crippen LogP contribution in [0.2, 0.25) is 0 Å². The lowest BCUT2D eigenvalue weighted by Gasteiger charge is -2.18. The van der Waals surface area contributed by atoms with Crippen molar-refractivity contribution in [1.82, 2.24) is 4.57 Å². The van der Waals surface area contributed by atoms with Crippen molar-refractivity contribution in [3.63, 3.8) is 0 Å². The highest BCUT2D eigenvalue weighted by atomic mass is 16.6. The van der Waals surface area contributed by atoms with Gasteiger partial charge < -0.3 is 9.30 Å². The van der Waals surface area contributed by atoms with E-state index in [1.165, 1.54) is 0 Å². The first-order valence-electron chi connectivity index (χ1n) is 5.20. The molecule has 84 valence electrons. The fourth-order valence-electron chi connectivity index (χ4n) is 1.19. The van der Waals surface area contributed by atoms with Crippen LogP contribution in [0, 0.1) is 0 Å². The van der Waals surface area contributed by atoms with Gasteiger partial charge in [0.1, 0.15) is 5.60 Å². The van der Waals surface area contributed by atoms with Crippen molar-refractivity contribution in [3.05, 3.63) is 24.0 Å². The molecule has 0 aliphatic rings. The van der Waals surface area contributed by atoms with Crippen LogP contribution in [0.3, 0.4) is 0 Å². The van der Waals surface area contributed by atoms with Gasteiger partial charge in [-0.3, -0.25) is 0 Å². The fraction of sp³-hybridized carbons (Fsp3) is 0.583. The first-order chi connectivity index (χ1) is 6.79. The highest BCUT2D eigenvalue weighted by molar-refractivity contribution is 5.89. The van der Waals surface area contributed by atoms with Gasteiger partial charge >= 0.3 is 5.97 Å². The average molecular weight is 209 g/mol. The van der Waals surface area contributed by atoms with Crippen LogP contribution in [0.4, 0.5) is 0 Å². The highest BCUT2D eigenvalue weighted by Crippen LogP contribution is 2.14. The second-order valence-corrected chi connectivity index (χ2v) is 4.94. The summed E-state index contributed by atoms with van der Waals surface area (Å²) in [4.78, 5) is 11.7. The quantitative estimate of drug-likeness (QED) is 0.701. The standard InChI is InChI=1S/C12H19NO2/c1-9(2)13-7-6-10(8-13)11(14)15-12(3,4)5/h6-9H,1-5H3. The highest BCUT2D eigenvalue weighted by Gasteiger charge is 2.18. The maximum absolute atomic E-state index is 11.7. The number of nitrogens with zero attached hydrogens (tertiary/aromatic N) is 1. The summed E-state index contributed by atoms with van der Waals surface area (Å²) in [6.45, 7) is 9.73. The Hall–Kier alpha value is -1.25. The summed E-state index contributed by atoms with van der Waals surface area (Å²) in [6.07, 6.45) is 3.71. The van der Waals surface area contributed by atoms with E-state index in [-0.39, 0.29) is 5.97 Å². The van der Waals surface area contributed by atoms with Crippen LogP contribution in [0.1, 0.15) is 51.0 Å². The number of hydrogen-bond donors (Lipinski definition) is 0. The largest absolute Gasteiger partial charge is 0.456 e. The summed E-state index contributed by atoms with van der Waals surface area (Å²) in [7, 11) is 0. The average Bonchev–Trinajstić information content (AvgIpc) is 2.47. The lowest BCUT2D eigenvalue weighted by molar-refractivity contribution is 0.00695. The minimum absolute atomic E-state index is 0.262. The molecule has 0 saturated carbocycles. The van der Waals surface area contributed by atoms with Crippen LogP contribution >= 0.6 is 0 Å².